The highest BCUT2D eigenvalue weighted by Gasteiger charge is 2.11. The van der Waals surface area contributed by atoms with E-state index >= 15 is 0 Å². The van der Waals surface area contributed by atoms with Gasteiger partial charge in [0.15, 0.2) is 0 Å². The maximum Gasteiger partial charge on any atom is 0.0426 e. The van der Waals surface area contributed by atoms with E-state index in [4.69, 9.17) is 17.3 Å². The number of hydrogen-bond acceptors (Lipinski definition) is 3. The summed E-state index contributed by atoms with van der Waals surface area (Å²) in [6, 6.07) is 10.6. The molecule has 0 aliphatic heterocycles. The van der Waals surface area contributed by atoms with Gasteiger partial charge in [-0.05, 0) is 48.4 Å². The van der Waals surface area contributed by atoms with Crippen LogP contribution >= 0.6 is 22.9 Å². The van der Waals surface area contributed by atoms with E-state index in [-0.39, 0.29) is 6.04 Å². The standard InChI is InChI=1S/C17H23ClN2S/c1-3-15(19)11-13-6-7-14(18)12-17(13)20(2)9-8-16-5-4-10-21-16/h4-7,10,12,15H,3,8-9,11,19H2,1-2H3. The van der Waals surface area contributed by atoms with Crippen molar-refractivity contribution >= 4 is 28.6 Å². The predicted molar refractivity (Wildman–Crippen MR) is 94.7 cm³/mol. The molecule has 1 aromatic carbocycles. The molecule has 0 saturated heterocycles. The fourth-order valence-electron chi connectivity index (χ4n) is 2.34. The minimum Gasteiger partial charge on any atom is -0.374 e. The van der Waals surface area contributed by atoms with Crippen LogP contribution < -0.4 is 10.6 Å². The first-order chi connectivity index (χ1) is 10.1. The van der Waals surface area contributed by atoms with Gasteiger partial charge in [-0.2, -0.15) is 0 Å². The molecule has 1 aromatic heterocycles. The molecule has 0 radical (unpaired) electrons. The molecule has 21 heavy (non-hydrogen) atoms. The Labute approximate surface area is 136 Å². The highest BCUT2D eigenvalue weighted by atomic mass is 35.5. The number of benzene rings is 1. The van der Waals surface area contributed by atoms with Crippen LogP contribution in [-0.2, 0) is 12.8 Å². The van der Waals surface area contributed by atoms with E-state index in [2.05, 4.69) is 42.5 Å². The van der Waals surface area contributed by atoms with Crippen molar-refractivity contribution in [1.82, 2.24) is 0 Å². The number of hydrogen-bond donors (Lipinski definition) is 1. The Hall–Kier alpha value is -1.03. The van der Waals surface area contributed by atoms with Gasteiger partial charge in [-0.1, -0.05) is 30.7 Å². The van der Waals surface area contributed by atoms with Gasteiger partial charge in [-0.25, -0.2) is 0 Å². The van der Waals surface area contributed by atoms with Crippen molar-refractivity contribution < 1.29 is 0 Å². The minimum atomic E-state index is 0.204. The third-order valence-corrected chi connectivity index (χ3v) is 4.91. The first-order valence-electron chi connectivity index (χ1n) is 7.37. The van der Waals surface area contributed by atoms with Crippen molar-refractivity contribution in [3.05, 3.63) is 51.2 Å². The average molecular weight is 323 g/mol. The molecule has 2 nitrogen and oxygen atoms in total. The SMILES string of the molecule is CCC(N)Cc1ccc(Cl)cc1N(C)CCc1cccs1. The monoisotopic (exact) mass is 322 g/mol. The summed E-state index contributed by atoms with van der Waals surface area (Å²) < 4.78 is 0. The number of anilines is 1. The van der Waals surface area contributed by atoms with Crippen molar-refractivity contribution in [3.63, 3.8) is 0 Å². The van der Waals surface area contributed by atoms with Gasteiger partial charge in [0.25, 0.3) is 0 Å². The Balaban J connectivity index is 2.10. The molecule has 1 heterocycles. The molecule has 114 valence electrons. The molecule has 1 unspecified atom stereocenters. The van der Waals surface area contributed by atoms with E-state index < -0.39 is 0 Å². The normalized spacial score (nSPS) is 12.4. The number of likely N-dealkylation sites (N-methyl/N-ethyl adjacent to an activating group) is 1. The second kappa shape index (κ2) is 7.83. The van der Waals surface area contributed by atoms with Crippen molar-refractivity contribution in [1.29, 1.82) is 0 Å². The lowest BCUT2D eigenvalue weighted by atomic mass is 10.0. The van der Waals surface area contributed by atoms with Crippen LogP contribution in [0.25, 0.3) is 0 Å². The summed E-state index contributed by atoms with van der Waals surface area (Å²) in [5.74, 6) is 0. The van der Waals surface area contributed by atoms with E-state index in [9.17, 15) is 0 Å². The van der Waals surface area contributed by atoms with Gasteiger partial charge in [-0.15, -0.1) is 11.3 Å². The van der Waals surface area contributed by atoms with Gasteiger partial charge in [0.1, 0.15) is 0 Å². The fraction of sp³-hybridized carbons (Fsp3) is 0.412. The summed E-state index contributed by atoms with van der Waals surface area (Å²) in [6.07, 6.45) is 2.94. The van der Waals surface area contributed by atoms with Crippen molar-refractivity contribution in [2.75, 3.05) is 18.5 Å². The highest BCUT2D eigenvalue weighted by molar-refractivity contribution is 7.09. The molecule has 0 spiro atoms. The van der Waals surface area contributed by atoms with Crippen LogP contribution in [0.1, 0.15) is 23.8 Å². The van der Waals surface area contributed by atoms with Gasteiger partial charge in [0, 0.05) is 35.2 Å². The minimum absolute atomic E-state index is 0.204. The van der Waals surface area contributed by atoms with Gasteiger partial charge in [0.05, 0.1) is 0 Å². The average Bonchev–Trinajstić information content (AvgIpc) is 2.99. The molecular weight excluding hydrogens is 300 g/mol. The molecule has 2 aromatic rings. The smallest absolute Gasteiger partial charge is 0.0426 e. The molecule has 0 fully saturated rings. The lowest BCUT2D eigenvalue weighted by molar-refractivity contribution is 0.645. The van der Waals surface area contributed by atoms with Crippen LogP contribution in [0.15, 0.2) is 35.7 Å². The summed E-state index contributed by atoms with van der Waals surface area (Å²) in [5.41, 5.74) is 8.59. The van der Waals surface area contributed by atoms with Crippen LogP contribution in [0.4, 0.5) is 5.69 Å². The summed E-state index contributed by atoms with van der Waals surface area (Å²) in [4.78, 5) is 3.69. The van der Waals surface area contributed by atoms with Crippen LogP contribution in [0.3, 0.4) is 0 Å². The summed E-state index contributed by atoms with van der Waals surface area (Å²) in [5, 5.41) is 2.90. The molecule has 0 bridgehead atoms. The van der Waals surface area contributed by atoms with Crippen molar-refractivity contribution in [2.45, 2.75) is 32.2 Å². The maximum absolute atomic E-state index is 6.18. The third-order valence-electron chi connectivity index (χ3n) is 3.74. The van der Waals surface area contributed by atoms with E-state index in [1.54, 1.807) is 0 Å². The van der Waals surface area contributed by atoms with Crippen LogP contribution in [-0.4, -0.2) is 19.6 Å². The molecule has 2 rings (SSSR count). The van der Waals surface area contributed by atoms with Crippen LogP contribution in [0, 0.1) is 0 Å². The molecule has 1 atom stereocenters. The third kappa shape index (κ3) is 4.73. The van der Waals surface area contributed by atoms with Crippen LogP contribution in [0.2, 0.25) is 5.02 Å². The van der Waals surface area contributed by atoms with E-state index in [0.717, 1.165) is 30.8 Å². The van der Waals surface area contributed by atoms with Crippen molar-refractivity contribution in [3.8, 4) is 0 Å². The van der Waals surface area contributed by atoms with Crippen LogP contribution in [0.5, 0.6) is 0 Å². The number of nitrogens with zero attached hydrogens (tertiary/aromatic N) is 1. The zero-order chi connectivity index (χ0) is 15.2. The molecule has 2 N–H and O–H groups in total. The summed E-state index contributed by atoms with van der Waals surface area (Å²) in [6.45, 7) is 3.11. The number of halogens is 1. The number of thiophene rings is 1. The number of rotatable bonds is 7. The van der Waals surface area contributed by atoms with E-state index in [1.807, 2.05) is 23.5 Å². The van der Waals surface area contributed by atoms with Gasteiger partial charge < -0.3 is 10.6 Å². The second-order valence-corrected chi connectivity index (χ2v) is 6.87. The van der Waals surface area contributed by atoms with Gasteiger partial charge >= 0.3 is 0 Å². The summed E-state index contributed by atoms with van der Waals surface area (Å²) >= 11 is 7.98. The zero-order valence-corrected chi connectivity index (χ0v) is 14.3. The van der Waals surface area contributed by atoms with E-state index in [0.29, 0.717) is 0 Å². The lowest BCUT2D eigenvalue weighted by Crippen LogP contribution is -2.25. The number of nitrogens with two attached hydrogens (primary N) is 1. The molecule has 0 amide bonds. The lowest BCUT2D eigenvalue weighted by Gasteiger charge is -2.24. The quantitative estimate of drug-likeness (QED) is 0.820. The highest BCUT2D eigenvalue weighted by Crippen LogP contribution is 2.26. The maximum atomic E-state index is 6.18. The largest absolute Gasteiger partial charge is 0.374 e. The predicted octanol–water partition coefficient (Wildman–Crippen LogP) is 4.36. The van der Waals surface area contributed by atoms with Crippen molar-refractivity contribution in [2.24, 2.45) is 5.73 Å². The Kier molecular flexibility index (Phi) is 6.09. The Bertz CT molecular complexity index is 554. The van der Waals surface area contributed by atoms with E-state index in [1.165, 1.54) is 16.1 Å². The molecular formula is C17H23ClN2S. The Morgan fingerprint density at radius 1 is 1.33 bits per heavy atom. The molecule has 4 heteroatoms. The first-order valence-corrected chi connectivity index (χ1v) is 8.63. The Morgan fingerprint density at radius 3 is 2.81 bits per heavy atom. The molecule has 0 saturated carbocycles. The zero-order valence-electron chi connectivity index (χ0n) is 12.7. The molecule has 0 aliphatic carbocycles. The fourth-order valence-corrected chi connectivity index (χ4v) is 3.21. The topological polar surface area (TPSA) is 29.3 Å². The molecule has 0 aliphatic rings. The Morgan fingerprint density at radius 2 is 2.14 bits per heavy atom. The second-order valence-electron chi connectivity index (χ2n) is 5.40. The van der Waals surface area contributed by atoms with Gasteiger partial charge in [0.2, 0.25) is 0 Å². The first kappa shape index (κ1) is 16.3. The van der Waals surface area contributed by atoms with Gasteiger partial charge in [-0.3, -0.25) is 0 Å². The summed E-state index contributed by atoms with van der Waals surface area (Å²) in [7, 11) is 2.13.